The Hall–Kier alpha value is -6.38. The Labute approximate surface area is 277 Å². The minimum absolute atomic E-state index is 0.868. The highest BCUT2D eigenvalue weighted by Crippen LogP contribution is 2.49. The largest absolute Gasteiger partial charge is 0.454 e. The van der Waals surface area contributed by atoms with Crippen LogP contribution in [0.2, 0.25) is 0 Å². The minimum Gasteiger partial charge on any atom is -0.454 e. The number of nitrogens with zero attached hydrogens (tertiary/aromatic N) is 1. The maximum absolute atomic E-state index is 6.89. The van der Waals surface area contributed by atoms with E-state index in [4.69, 9.17) is 4.42 Å². The van der Waals surface area contributed by atoms with E-state index >= 15 is 0 Å². The van der Waals surface area contributed by atoms with E-state index in [2.05, 4.69) is 181 Å². The van der Waals surface area contributed by atoms with Crippen LogP contribution in [0.25, 0.3) is 76.2 Å². The monoisotopic (exact) mass is 611 g/mol. The fraction of sp³-hybridized carbons (Fsp3) is 0. The molecular formula is C46H29NO. The van der Waals surface area contributed by atoms with Gasteiger partial charge in [0.2, 0.25) is 0 Å². The normalized spacial score (nSPS) is 11.8. The molecule has 2 nitrogen and oxygen atoms in total. The molecule has 0 aliphatic carbocycles. The van der Waals surface area contributed by atoms with E-state index < -0.39 is 0 Å². The van der Waals surface area contributed by atoms with Gasteiger partial charge in [-0.2, -0.15) is 0 Å². The topological polar surface area (TPSA) is 16.4 Å². The van der Waals surface area contributed by atoms with E-state index in [0.29, 0.717) is 0 Å². The number of hydrogen-bond acceptors (Lipinski definition) is 2. The van der Waals surface area contributed by atoms with Gasteiger partial charge in [-0.05, 0) is 73.6 Å². The Bertz CT molecular complexity index is 2830. The van der Waals surface area contributed by atoms with Gasteiger partial charge in [-0.3, -0.25) is 0 Å². The maximum Gasteiger partial charge on any atom is 0.159 e. The highest BCUT2D eigenvalue weighted by Gasteiger charge is 2.24. The zero-order valence-corrected chi connectivity index (χ0v) is 26.1. The molecule has 0 unspecified atom stereocenters. The Morgan fingerprint density at radius 2 is 0.979 bits per heavy atom. The molecule has 0 saturated heterocycles. The van der Waals surface area contributed by atoms with Gasteiger partial charge in [0, 0.05) is 21.7 Å². The van der Waals surface area contributed by atoms with Crippen molar-refractivity contribution in [3.8, 4) is 11.1 Å². The Morgan fingerprint density at radius 3 is 1.81 bits per heavy atom. The second kappa shape index (κ2) is 10.6. The van der Waals surface area contributed by atoms with E-state index in [-0.39, 0.29) is 0 Å². The summed E-state index contributed by atoms with van der Waals surface area (Å²) in [4.78, 5) is 2.43. The highest BCUT2D eigenvalue weighted by molar-refractivity contribution is 6.25. The zero-order chi connectivity index (χ0) is 31.6. The van der Waals surface area contributed by atoms with Crippen molar-refractivity contribution in [2.75, 3.05) is 4.90 Å². The summed E-state index contributed by atoms with van der Waals surface area (Å²) in [6.07, 6.45) is 0. The summed E-state index contributed by atoms with van der Waals surface area (Å²) in [5.74, 6) is 0. The Kier molecular flexibility index (Phi) is 5.91. The molecule has 10 rings (SSSR count). The van der Waals surface area contributed by atoms with Crippen LogP contribution in [-0.4, -0.2) is 0 Å². The molecule has 0 radical (unpaired) electrons. The van der Waals surface area contributed by atoms with Crippen LogP contribution >= 0.6 is 0 Å². The third-order valence-electron chi connectivity index (χ3n) is 9.78. The molecule has 10 aromatic rings. The lowest BCUT2D eigenvalue weighted by Gasteiger charge is -2.29. The quantitative estimate of drug-likeness (QED) is 0.184. The van der Waals surface area contributed by atoms with E-state index in [0.717, 1.165) is 50.1 Å². The summed E-state index contributed by atoms with van der Waals surface area (Å²) in [5, 5.41) is 12.0. The summed E-state index contributed by atoms with van der Waals surface area (Å²) in [5.41, 5.74) is 7.27. The molecule has 224 valence electrons. The van der Waals surface area contributed by atoms with Gasteiger partial charge in [-0.15, -0.1) is 0 Å². The second-order valence-electron chi connectivity index (χ2n) is 12.5. The third-order valence-corrected chi connectivity index (χ3v) is 9.78. The number of para-hydroxylation sites is 2. The van der Waals surface area contributed by atoms with Crippen molar-refractivity contribution in [2.24, 2.45) is 0 Å². The van der Waals surface area contributed by atoms with E-state index in [9.17, 15) is 0 Å². The first-order valence-electron chi connectivity index (χ1n) is 16.4. The zero-order valence-electron chi connectivity index (χ0n) is 26.1. The predicted molar refractivity (Wildman–Crippen MR) is 204 cm³/mol. The minimum atomic E-state index is 0.868. The summed E-state index contributed by atoms with van der Waals surface area (Å²) >= 11 is 0. The van der Waals surface area contributed by atoms with Crippen molar-refractivity contribution in [3.63, 3.8) is 0 Å². The van der Waals surface area contributed by atoms with Gasteiger partial charge in [-0.1, -0.05) is 146 Å². The molecule has 0 aliphatic rings. The molecule has 0 aliphatic heterocycles. The van der Waals surface area contributed by atoms with Gasteiger partial charge in [0.1, 0.15) is 5.58 Å². The molecule has 0 spiro atoms. The fourth-order valence-corrected chi connectivity index (χ4v) is 7.60. The van der Waals surface area contributed by atoms with Crippen molar-refractivity contribution in [2.45, 2.75) is 0 Å². The third kappa shape index (κ3) is 4.06. The van der Waals surface area contributed by atoms with Crippen LogP contribution in [0.1, 0.15) is 0 Å². The molecule has 1 heterocycles. The molecule has 0 atom stereocenters. The maximum atomic E-state index is 6.89. The fourth-order valence-electron chi connectivity index (χ4n) is 7.60. The average Bonchev–Trinajstić information content (AvgIpc) is 3.52. The lowest BCUT2D eigenvalue weighted by atomic mass is 9.93. The van der Waals surface area contributed by atoms with Gasteiger partial charge in [0.25, 0.3) is 0 Å². The number of hydrogen-bond donors (Lipinski definition) is 0. The van der Waals surface area contributed by atoms with Gasteiger partial charge < -0.3 is 9.32 Å². The van der Waals surface area contributed by atoms with Gasteiger partial charge in [0.15, 0.2) is 5.58 Å². The van der Waals surface area contributed by atoms with Crippen LogP contribution in [-0.2, 0) is 0 Å². The number of furan rings is 1. The van der Waals surface area contributed by atoms with Crippen molar-refractivity contribution < 1.29 is 4.42 Å². The second-order valence-corrected chi connectivity index (χ2v) is 12.5. The number of fused-ring (bicyclic) bond motifs is 9. The molecule has 0 saturated carbocycles. The van der Waals surface area contributed by atoms with Crippen molar-refractivity contribution in [1.29, 1.82) is 0 Å². The van der Waals surface area contributed by atoms with Crippen molar-refractivity contribution in [3.05, 3.63) is 176 Å². The number of anilines is 3. The van der Waals surface area contributed by atoms with E-state index in [1.165, 1.54) is 43.1 Å². The van der Waals surface area contributed by atoms with Crippen LogP contribution in [0.3, 0.4) is 0 Å². The van der Waals surface area contributed by atoms with Crippen LogP contribution in [0, 0.1) is 0 Å². The molecule has 48 heavy (non-hydrogen) atoms. The standard InChI is InChI=1S/C46H29NO/c1-2-13-30(14-3-1)35-19-10-11-23-41(35)47(42-24-12-22-38-40-27-32-16-4-5-17-33(32)29-44(40)48-46(38)42)43-28-34-18-7-9-21-37(34)45-36-20-8-6-15-31(36)25-26-39(43)45/h1-29H. The molecule has 0 N–H and O–H groups in total. The summed E-state index contributed by atoms with van der Waals surface area (Å²) in [7, 11) is 0. The molecule has 0 bridgehead atoms. The lowest BCUT2D eigenvalue weighted by molar-refractivity contribution is 0.669. The molecule has 0 amide bonds. The first-order chi connectivity index (χ1) is 23.8. The van der Waals surface area contributed by atoms with Crippen LogP contribution in [0.5, 0.6) is 0 Å². The van der Waals surface area contributed by atoms with Gasteiger partial charge >= 0.3 is 0 Å². The smallest absolute Gasteiger partial charge is 0.159 e. The highest BCUT2D eigenvalue weighted by atomic mass is 16.3. The van der Waals surface area contributed by atoms with Crippen LogP contribution in [0.4, 0.5) is 17.1 Å². The van der Waals surface area contributed by atoms with Crippen molar-refractivity contribution >= 4 is 82.1 Å². The molecule has 1 aromatic heterocycles. The molecule has 2 heteroatoms. The molecule has 0 fully saturated rings. The lowest BCUT2D eigenvalue weighted by Crippen LogP contribution is -2.12. The first kappa shape index (κ1) is 26.8. The van der Waals surface area contributed by atoms with Crippen LogP contribution in [0.15, 0.2) is 180 Å². The van der Waals surface area contributed by atoms with E-state index in [1.807, 2.05) is 0 Å². The first-order valence-corrected chi connectivity index (χ1v) is 16.4. The molecule has 9 aromatic carbocycles. The number of benzene rings is 9. The van der Waals surface area contributed by atoms with Gasteiger partial charge in [-0.25, -0.2) is 0 Å². The Balaban J connectivity index is 1.36. The summed E-state index contributed by atoms with van der Waals surface area (Å²) in [6, 6.07) is 63.3. The Morgan fingerprint density at radius 1 is 0.354 bits per heavy atom. The number of rotatable bonds is 4. The molecular weight excluding hydrogens is 583 g/mol. The van der Waals surface area contributed by atoms with Gasteiger partial charge in [0.05, 0.1) is 17.1 Å². The predicted octanol–water partition coefficient (Wildman–Crippen LogP) is 13.3. The van der Waals surface area contributed by atoms with Crippen molar-refractivity contribution in [1.82, 2.24) is 0 Å². The van der Waals surface area contributed by atoms with E-state index in [1.54, 1.807) is 0 Å². The average molecular weight is 612 g/mol. The van der Waals surface area contributed by atoms with Crippen LogP contribution < -0.4 is 4.90 Å². The SMILES string of the molecule is c1ccc(-c2ccccc2N(c2cc3ccccc3c3c2ccc2ccccc23)c2cccc3c2oc2cc4ccccc4cc23)cc1. The summed E-state index contributed by atoms with van der Waals surface area (Å²) in [6.45, 7) is 0. The summed E-state index contributed by atoms with van der Waals surface area (Å²) < 4.78 is 6.89.